The van der Waals surface area contributed by atoms with E-state index in [9.17, 15) is 4.79 Å². The molecule has 0 aromatic heterocycles. The topological polar surface area (TPSA) is 41.6 Å². The molecule has 0 spiro atoms. The van der Waals surface area contributed by atoms with Crippen LogP contribution >= 0.6 is 0 Å². The summed E-state index contributed by atoms with van der Waals surface area (Å²) >= 11 is 0. The van der Waals surface area contributed by atoms with E-state index in [4.69, 9.17) is 4.74 Å². The minimum absolute atomic E-state index is 0.0543. The second-order valence-corrected chi connectivity index (χ2v) is 9.56. The van der Waals surface area contributed by atoms with Crippen molar-refractivity contribution in [3.05, 3.63) is 96.1 Å². The molecule has 5 aromatic rings. The molecule has 178 valence electrons. The molecule has 1 N–H and O–H groups in total. The largest absolute Gasteiger partial charge is 0.360 e. The molecule has 0 bridgehead atoms. The molecule has 1 atom stereocenters. The van der Waals surface area contributed by atoms with Crippen LogP contribution < -0.4 is 5.32 Å². The van der Waals surface area contributed by atoms with Gasteiger partial charge in [0, 0.05) is 26.2 Å². The first-order chi connectivity index (χ1) is 17.0. The highest BCUT2D eigenvalue weighted by atomic mass is 16.5. The highest BCUT2D eigenvalue weighted by molar-refractivity contribution is 6.23. The molecule has 0 saturated carbocycles. The van der Waals surface area contributed by atoms with Gasteiger partial charge in [-0.25, -0.2) is 0 Å². The number of carbonyl (C=O) groups is 1. The zero-order valence-corrected chi connectivity index (χ0v) is 20.6. The van der Waals surface area contributed by atoms with Crippen molar-refractivity contribution in [3.8, 4) is 0 Å². The van der Waals surface area contributed by atoms with E-state index in [2.05, 4.69) is 73.8 Å². The fraction of sp³-hybridized carbons (Fsp3) is 0.258. The Morgan fingerprint density at radius 2 is 1.40 bits per heavy atom. The third-order valence-electron chi connectivity index (χ3n) is 6.71. The minimum atomic E-state index is -0.362. The van der Waals surface area contributed by atoms with Gasteiger partial charge in [-0.05, 0) is 55.6 Å². The first-order valence-corrected chi connectivity index (χ1v) is 12.3. The Balaban J connectivity index is 1.52. The quantitative estimate of drug-likeness (QED) is 0.211. The number of nitrogens with one attached hydrogen (secondary N) is 1. The molecular weight excluding hydrogens is 432 g/mol. The molecule has 0 radical (unpaired) electrons. The number of nitrogens with zero attached hydrogens (tertiary/aromatic N) is 1. The number of benzene rings is 5. The van der Waals surface area contributed by atoms with Gasteiger partial charge in [-0.15, -0.1) is 0 Å². The van der Waals surface area contributed by atoms with Crippen LogP contribution in [0.25, 0.3) is 32.3 Å². The van der Waals surface area contributed by atoms with Gasteiger partial charge in [0.25, 0.3) is 0 Å². The molecule has 0 aliphatic rings. The van der Waals surface area contributed by atoms with Gasteiger partial charge < -0.3 is 15.0 Å². The molecule has 4 heteroatoms. The zero-order chi connectivity index (χ0) is 24.4. The smallest absolute Gasteiger partial charge is 0.229 e. The average Bonchev–Trinajstić information content (AvgIpc) is 2.87. The highest BCUT2D eigenvalue weighted by Crippen LogP contribution is 2.35. The van der Waals surface area contributed by atoms with Crippen LogP contribution in [-0.2, 0) is 22.5 Å². The summed E-state index contributed by atoms with van der Waals surface area (Å²) in [7, 11) is 1.68. The van der Waals surface area contributed by atoms with Crippen LogP contribution in [-0.4, -0.2) is 36.7 Å². The van der Waals surface area contributed by atoms with Gasteiger partial charge in [-0.3, -0.25) is 4.79 Å². The number of carbonyl (C=O) groups excluding carboxylic acids is 1. The number of ether oxygens (including phenoxy) is 1. The van der Waals surface area contributed by atoms with Crippen LogP contribution in [0.5, 0.6) is 0 Å². The van der Waals surface area contributed by atoms with Gasteiger partial charge in [-0.1, -0.05) is 86.6 Å². The normalized spacial score (nSPS) is 12.7. The maximum Gasteiger partial charge on any atom is 0.229 e. The fourth-order valence-corrected chi connectivity index (χ4v) is 4.99. The molecule has 0 fully saturated rings. The van der Waals surface area contributed by atoms with Gasteiger partial charge in [0.1, 0.15) is 6.23 Å². The summed E-state index contributed by atoms with van der Waals surface area (Å²) in [5.41, 5.74) is 2.11. The summed E-state index contributed by atoms with van der Waals surface area (Å²) in [6, 6.07) is 29.9. The van der Waals surface area contributed by atoms with E-state index < -0.39 is 0 Å². The summed E-state index contributed by atoms with van der Waals surface area (Å²) < 4.78 is 5.83. The third kappa shape index (κ3) is 4.86. The Hall–Kier alpha value is -3.47. The Kier molecular flexibility index (Phi) is 6.67. The standard InChI is InChI=1S/C31H32N2O2/c1-21(2)32-19-29(35-3)33(28(34)18-22-8-5-4-6-9-22)20-23-16-26-14-12-24-10-7-11-25-13-15-27(17-23)31(26)30(24)25/h4-17,21,29,32H,18-20H2,1-3H3. The highest BCUT2D eigenvalue weighted by Gasteiger charge is 2.24. The molecule has 5 aromatic carbocycles. The van der Waals surface area contributed by atoms with E-state index in [0.29, 0.717) is 25.6 Å². The Morgan fingerprint density at radius 1 is 0.800 bits per heavy atom. The van der Waals surface area contributed by atoms with Crippen LogP contribution in [0.3, 0.4) is 0 Å². The molecule has 1 amide bonds. The van der Waals surface area contributed by atoms with Crippen molar-refractivity contribution >= 4 is 38.2 Å². The molecule has 1 unspecified atom stereocenters. The van der Waals surface area contributed by atoms with E-state index in [-0.39, 0.29) is 12.1 Å². The number of hydrogen-bond acceptors (Lipinski definition) is 3. The van der Waals surface area contributed by atoms with Crippen molar-refractivity contribution in [1.29, 1.82) is 0 Å². The lowest BCUT2D eigenvalue weighted by Gasteiger charge is -2.32. The summed E-state index contributed by atoms with van der Waals surface area (Å²) in [5.74, 6) is 0.0543. The van der Waals surface area contributed by atoms with Crippen molar-refractivity contribution in [2.75, 3.05) is 13.7 Å². The number of amides is 1. The summed E-state index contributed by atoms with van der Waals surface area (Å²) in [6.07, 6.45) is -0.0177. The third-order valence-corrected chi connectivity index (χ3v) is 6.71. The monoisotopic (exact) mass is 464 g/mol. The van der Waals surface area contributed by atoms with Gasteiger partial charge in [0.15, 0.2) is 0 Å². The first kappa shape index (κ1) is 23.3. The Morgan fingerprint density at radius 3 is 2.00 bits per heavy atom. The Bertz CT molecular complexity index is 1380. The van der Waals surface area contributed by atoms with Crippen molar-refractivity contribution in [1.82, 2.24) is 10.2 Å². The van der Waals surface area contributed by atoms with Crippen LogP contribution in [0.15, 0.2) is 84.9 Å². The summed E-state index contributed by atoms with van der Waals surface area (Å²) in [4.78, 5) is 15.4. The van der Waals surface area contributed by atoms with Crippen LogP contribution in [0.2, 0.25) is 0 Å². The Labute approximate surface area is 206 Å². The molecule has 0 aliphatic heterocycles. The number of methoxy groups -OCH3 is 1. The van der Waals surface area contributed by atoms with E-state index in [1.165, 1.54) is 32.3 Å². The van der Waals surface area contributed by atoms with E-state index in [0.717, 1.165) is 11.1 Å². The van der Waals surface area contributed by atoms with Crippen LogP contribution in [0, 0.1) is 0 Å². The van der Waals surface area contributed by atoms with E-state index in [1.807, 2.05) is 35.2 Å². The molecule has 35 heavy (non-hydrogen) atoms. The second-order valence-electron chi connectivity index (χ2n) is 9.56. The van der Waals surface area contributed by atoms with Crippen molar-refractivity contribution in [3.63, 3.8) is 0 Å². The molecular formula is C31H32N2O2. The van der Waals surface area contributed by atoms with Gasteiger partial charge in [0.05, 0.1) is 6.42 Å². The predicted molar refractivity (Wildman–Crippen MR) is 145 cm³/mol. The lowest BCUT2D eigenvalue weighted by Crippen LogP contribution is -2.48. The van der Waals surface area contributed by atoms with Crippen molar-refractivity contribution < 1.29 is 9.53 Å². The number of rotatable bonds is 9. The van der Waals surface area contributed by atoms with Gasteiger partial charge in [0.2, 0.25) is 5.91 Å². The first-order valence-electron chi connectivity index (χ1n) is 12.3. The zero-order valence-electron chi connectivity index (χ0n) is 20.6. The van der Waals surface area contributed by atoms with Gasteiger partial charge in [-0.2, -0.15) is 0 Å². The van der Waals surface area contributed by atoms with Crippen LogP contribution in [0.4, 0.5) is 0 Å². The van der Waals surface area contributed by atoms with E-state index in [1.54, 1.807) is 7.11 Å². The summed E-state index contributed by atoms with van der Waals surface area (Å²) in [5, 5.41) is 10.9. The molecule has 0 aliphatic carbocycles. The van der Waals surface area contributed by atoms with Crippen LogP contribution in [0.1, 0.15) is 25.0 Å². The molecule has 0 saturated heterocycles. The second kappa shape index (κ2) is 10.0. The lowest BCUT2D eigenvalue weighted by molar-refractivity contribution is -0.144. The molecule has 5 rings (SSSR count). The average molecular weight is 465 g/mol. The number of hydrogen-bond donors (Lipinski definition) is 1. The van der Waals surface area contributed by atoms with Crippen molar-refractivity contribution in [2.24, 2.45) is 0 Å². The lowest BCUT2D eigenvalue weighted by atomic mass is 9.93. The maximum atomic E-state index is 13.6. The van der Waals surface area contributed by atoms with E-state index >= 15 is 0 Å². The fourth-order valence-electron chi connectivity index (χ4n) is 4.99. The SMILES string of the molecule is COC(CNC(C)C)N(Cc1cc2ccc3cccc4ccc(c1)c2c34)C(=O)Cc1ccccc1. The summed E-state index contributed by atoms with van der Waals surface area (Å²) in [6.45, 7) is 5.26. The van der Waals surface area contributed by atoms with Gasteiger partial charge >= 0.3 is 0 Å². The van der Waals surface area contributed by atoms with Crippen molar-refractivity contribution in [2.45, 2.75) is 39.1 Å². The minimum Gasteiger partial charge on any atom is -0.360 e. The predicted octanol–water partition coefficient (Wildman–Crippen LogP) is 6.13. The maximum absolute atomic E-state index is 13.6. The molecule has 4 nitrogen and oxygen atoms in total. The molecule has 0 heterocycles.